The average molecular weight is 201 g/mol. The summed E-state index contributed by atoms with van der Waals surface area (Å²) in [5, 5.41) is 3.46. The highest BCUT2D eigenvalue weighted by molar-refractivity contribution is 4.82. The second-order valence-corrected chi connectivity index (χ2v) is 3.98. The summed E-state index contributed by atoms with van der Waals surface area (Å²) in [4.78, 5) is 0. The van der Waals surface area contributed by atoms with E-state index >= 15 is 0 Å². The van der Waals surface area contributed by atoms with Crippen molar-refractivity contribution < 1.29 is 9.47 Å². The van der Waals surface area contributed by atoms with Crippen LogP contribution in [-0.4, -0.2) is 39.0 Å². The molecule has 0 aliphatic heterocycles. The normalized spacial score (nSPS) is 18.4. The highest BCUT2D eigenvalue weighted by Gasteiger charge is 2.21. The maximum Gasteiger partial charge on any atom is 0.0932 e. The van der Waals surface area contributed by atoms with E-state index in [-0.39, 0.29) is 6.10 Å². The third-order valence-electron chi connectivity index (χ3n) is 2.42. The SMILES string of the molecule is CCCCOC(CNC1CC1)COC. The lowest BCUT2D eigenvalue weighted by Gasteiger charge is -2.17. The maximum absolute atomic E-state index is 5.71. The molecule has 3 nitrogen and oxygen atoms in total. The Labute approximate surface area is 87.2 Å². The summed E-state index contributed by atoms with van der Waals surface area (Å²) in [5.74, 6) is 0. The number of nitrogens with one attached hydrogen (secondary N) is 1. The highest BCUT2D eigenvalue weighted by Crippen LogP contribution is 2.18. The van der Waals surface area contributed by atoms with Crippen molar-refractivity contribution in [2.75, 3.05) is 26.9 Å². The van der Waals surface area contributed by atoms with E-state index < -0.39 is 0 Å². The molecule has 0 aromatic rings. The smallest absolute Gasteiger partial charge is 0.0932 e. The molecule has 14 heavy (non-hydrogen) atoms. The predicted octanol–water partition coefficient (Wildman–Crippen LogP) is 1.57. The molecule has 1 rings (SSSR count). The zero-order chi connectivity index (χ0) is 10.2. The standard InChI is InChI=1S/C11H23NO2/c1-3-4-7-14-11(9-13-2)8-12-10-5-6-10/h10-12H,3-9H2,1-2H3. The summed E-state index contributed by atoms with van der Waals surface area (Å²) in [6, 6.07) is 0.754. The Morgan fingerprint density at radius 3 is 2.79 bits per heavy atom. The second-order valence-electron chi connectivity index (χ2n) is 3.98. The van der Waals surface area contributed by atoms with Gasteiger partial charge >= 0.3 is 0 Å². The first kappa shape index (κ1) is 12.0. The van der Waals surface area contributed by atoms with E-state index in [4.69, 9.17) is 9.47 Å². The molecule has 1 atom stereocenters. The summed E-state index contributed by atoms with van der Waals surface area (Å²) in [7, 11) is 1.73. The van der Waals surface area contributed by atoms with E-state index in [0.29, 0.717) is 6.61 Å². The minimum absolute atomic E-state index is 0.229. The van der Waals surface area contributed by atoms with Crippen LogP contribution in [0.4, 0.5) is 0 Å². The Balaban J connectivity index is 2.02. The fourth-order valence-electron chi connectivity index (χ4n) is 1.33. The molecule has 0 aromatic heterocycles. The van der Waals surface area contributed by atoms with Crippen LogP contribution in [0.5, 0.6) is 0 Å². The molecule has 0 radical (unpaired) electrons. The minimum Gasteiger partial charge on any atom is -0.382 e. The van der Waals surface area contributed by atoms with Gasteiger partial charge in [0.1, 0.15) is 0 Å². The zero-order valence-corrected chi connectivity index (χ0v) is 9.42. The predicted molar refractivity (Wildman–Crippen MR) is 57.5 cm³/mol. The van der Waals surface area contributed by atoms with Crippen LogP contribution >= 0.6 is 0 Å². The van der Waals surface area contributed by atoms with Gasteiger partial charge in [0.15, 0.2) is 0 Å². The van der Waals surface area contributed by atoms with Gasteiger partial charge in [0.2, 0.25) is 0 Å². The van der Waals surface area contributed by atoms with Crippen molar-refractivity contribution in [1.82, 2.24) is 5.32 Å². The molecule has 0 saturated heterocycles. The van der Waals surface area contributed by atoms with Crippen molar-refractivity contribution in [1.29, 1.82) is 0 Å². The van der Waals surface area contributed by atoms with Gasteiger partial charge in [-0.15, -0.1) is 0 Å². The lowest BCUT2D eigenvalue weighted by molar-refractivity contribution is -0.00216. The molecule has 1 N–H and O–H groups in total. The Kier molecular flexibility index (Phi) is 6.15. The van der Waals surface area contributed by atoms with Crippen LogP contribution in [0.15, 0.2) is 0 Å². The third kappa shape index (κ3) is 5.58. The number of hydrogen-bond acceptors (Lipinski definition) is 3. The van der Waals surface area contributed by atoms with Gasteiger partial charge in [-0.05, 0) is 19.3 Å². The quantitative estimate of drug-likeness (QED) is 0.574. The first-order valence-electron chi connectivity index (χ1n) is 5.70. The van der Waals surface area contributed by atoms with E-state index in [1.165, 1.54) is 19.3 Å². The van der Waals surface area contributed by atoms with Crippen LogP contribution < -0.4 is 5.32 Å². The lowest BCUT2D eigenvalue weighted by atomic mass is 10.3. The average Bonchev–Trinajstić information content (AvgIpc) is 2.98. The van der Waals surface area contributed by atoms with E-state index in [1.807, 2.05) is 0 Å². The van der Waals surface area contributed by atoms with Crippen molar-refractivity contribution in [2.45, 2.75) is 44.8 Å². The summed E-state index contributed by atoms with van der Waals surface area (Å²) >= 11 is 0. The van der Waals surface area contributed by atoms with Crippen molar-refractivity contribution in [3.8, 4) is 0 Å². The van der Waals surface area contributed by atoms with Crippen LogP contribution in [-0.2, 0) is 9.47 Å². The van der Waals surface area contributed by atoms with Crippen LogP contribution in [0.1, 0.15) is 32.6 Å². The molecule has 3 heteroatoms. The van der Waals surface area contributed by atoms with Gasteiger partial charge in [0.25, 0.3) is 0 Å². The van der Waals surface area contributed by atoms with Gasteiger partial charge in [0, 0.05) is 26.3 Å². The van der Waals surface area contributed by atoms with Crippen LogP contribution in [0.25, 0.3) is 0 Å². The Morgan fingerprint density at radius 2 is 2.21 bits per heavy atom. The summed E-state index contributed by atoms with van der Waals surface area (Å²) in [5.41, 5.74) is 0. The second kappa shape index (κ2) is 7.21. The molecule has 0 heterocycles. The molecule has 0 aromatic carbocycles. The molecule has 1 saturated carbocycles. The third-order valence-corrected chi connectivity index (χ3v) is 2.42. The van der Waals surface area contributed by atoms with E-state index in [2.05, 4.69) is 12.2 Å². The molecule has 0 amide bonds. The first-order valence-corrected chi connectivity index (χ1v) is 5.70. The van der Waals surface area contributed by atoms with Crippen LogP contribution in [0, 0.1) is 0 Å². The number of unbranched alkanes of at least 4 members (excludes halogenated alkanes) is 1. The number of methoxy groups -OCH3 is 1. The van der Waals surface area contributed by atoms with Crippen LogP contribution in [0.2, 0.25) is 0 Å². The summed E-state index contributed by atoms with van der Waals surface area (Å²) < 4.78 is 10.8. The summed E-state index contributed by atoms with van der Waals surface area (Å²) in [6.45, 7) is 4.67. The largest absolute Gasteiger partial charge is 0.382 e. The van der Waals surface area contributed by atoms with Gasteiger partial charge in [0.05, 0.1) is 12.7 Å². The number of hydrogen-bond donors (Lipinski definition) is 1. The van der Waals surface area contributed by atoms with Gasteiger partial charge in [-0.1, -0.05) is 13.3 Å². The van der Waals surface area contributed by atoms with Gasteiger partial charge in [-0.2, -0.15) is 0 Å². The van der Waals surface area contributed by atoms with Crippen molar-refractivity contribution in [3.63, 3.8) is 0 Å². The van der Waals surface area contributed by atoms with E-state index in [9.17, 15) is 0 Å². The van der Waals surface area contributed by atoms with Crippen molar-refractivity contribution >= 4 is 0 Å². The minimum atomic E-state index is 0.229. The van der Waals surface area contributed by atoms with Gasteiger partial charge in [-0.3, -0.25) is 0 Å². The van der Waals surface area contributed by atoms with Crippen LogP contribution in [0.3, 0.4) is 0 Å². The summed E-state index contributed by atoms with van der Waals surface area (Å²) in [6.07, 6.45) is 5.22. The molecule has 1 fully saturated rings. The molecule has 0 spiro atoms. The maximum atomic E-state index is 5.71. The first-order chi connectivity index (χ1) is 6.86. The van der Waals surface area contributed by atoms with Gasteiger partial charge < -0.3 is 14.8 Å². The molecular formula is C11H23NO2. The Morgan fingerprint density at radius 1 is 1.43 bits per heavy atom. The highest BCUT2D eigenvalue weighted by atomic mass is 16.5. The Hall–Kier alpha value is -0.120. The fourth-order valence-corrected chi connectivity index (χ4v) is 1.33. The van der Waals surface area contributed by atoms with Crippen molar-refractivity contribution in [2.24, 2.45) is 0 Å². The number of ether oxygens (including phenoxy) is 2. The van der Waals surface area contributed by atoms with E-state index in [1.54, 1.807) is 7.11 Å². The lowest BCUT2D eigenvalue weighted by Crippen LogP contribution is -2.34. The zero-order valence-electron chi connectivity index (χ0n) is 9.42. The van der Waals surface area contributed by atoms with Crippen molar-refractivity contribution in [3.05, 3.63) is 0 Å². The topological polar surface area (TPSA) is 30.5 Å². The molecular weight excluding hydrogens is 178 g/mol. The monoisotopic (exact) mass is 201 g/mol. The molecule has 1 unspecified atom stereocenters. The molecule has 0 bridgehead atoms. The molecule has 84 valence electrons. The Bertz CT molecular complexity index is 137. The molecule has 1 aliphatic rings. The number of rotatable bonds is 9. The fraction of sp³-hybridized carbons (Fsp3) is 1.00. The van der Waals surface area contributed by atoms with Gasteiger partial charge in [-0.25, -0.2) is 0 Å². The molecule has 1 aliphatic carbocycles. The van der Waals surface area contributed by atoms with E-state index in [0.717, 1.165) is 25.6 Å².